The summed E-state index contributed by atoms with van der Waals surface area (Å²) in [5.41, 5.74) is -1.38. The first-order chi connectivity index (χ1) is 10.4. The molecule has 1 aromatic rings. The van der Waals surface area contributed by atoms with Crippen molar-refractivity contribution in [1.29, 1.82) is 0 Å². The van der Waals surface area contributed by atoms with Gasteiger partial charge in [-0.3, -0.25) is 9.59 Å². The summed E-state index contributed by atoms with van der Waals surface area (Å²) in [5.74, 6) is -0.974. The Kier molecular flexibility index (Phi) is 4.59. The first-order valence-corrected chi connectivity index (χ1v) is 7.96. The van der Waals surface area contributed by atoms with Crippen molar-refractivity contribution in [2.24, 2.45) is 5.41 Å². The van der Waals surface area contributed by atoms with E-state index in [1.54, 1.807) is 18.7 Å². The molecular weight excluding hydrogens is 278 g/mol. The van der Waals surface area contributed by atoms with E-state index in [-0.39, 0.29) is 5.91 Å². The molecule has 0 bridgehead atoms. The maximum absolute atomic E-state index is 13.3. The van der Waals surface area contributed by atoms with E-state index < -0.39 is 16.8 Å². The molecule has 1 aliphatic heterocycles. The van der Waals surface area contributed by atoms with Crippen LogP contribution in [0, 0.1) is 5.41 Å². The molecule has 1 N–H and O–H groups in total. The largest absolute Gasteiger partial charge is 0.481 e. The van der Waals surface area contributed by atoms with Crippen molar-refractivity contribution >= 4 is 11.9 Å². The zero-order valence-corrected chi connectivity index (χ0v) is 13.6. The van der Waals surface area contributed by atoms with Gasteiger partial charge < -0.3 is 10.0 Å². The second-order valence-electron chi connectivity index (χ2n) is 6.60. The number of hydrogen-bond acceptors (Lipinski definition) is 2. The lowest BCUT2D eigenvalue weighted by molar-refractivity contribution is -0.162. The Morgan fingerprint density at radius 1 is 1.18 bits per heavy atom. The summed E-state index contributed by atoms with van der Waals surface area (Å²) in [7, 11) is 0. The lowest BCUT2D eigenvalue weighted by atomic mass is 9.58. The SMILES string of the molecule is CCCC(C(=O)N1CCC1)(c1ccccc1)C(C)(C)C(=O)O. The maximum Gasteiger partial charge on any atom is 0.310 e. The van der Waals surface area contributed by atoms with Gasteiger partial charge in [-0.2, -0.15) is 0 Å². The fraction of sp³-hybridized carbons (Fsp3) is 0.556. The molecule has 120 valence electrons. The maximum atomic E-state index is 13.3. The minimum atomic E-state index is -1.17. The predicted molar refractivity (Wildman–Crippen MR) is 85.6 cm³/mol. The Bertz CT molecular complexity index is 549. The second-order valence-corrected chi connectivity index (χ2v) is 6.60. The number of hydrogen-bond donors (Lipinski definition) is 1. The molecule has 1 aromatic carbocycles. The average Bonchev–Trinajstić information content (AvgIpc) is 2.43. The summed E-state index contributed by atoms with van der Waals surface area (Å²) < 4.78 is 0. The number of aliphatic carboxylic acids is 1. The van der Waals surface area contributed by atoms with Crippen LogP contribution in [0.25, 0.3) is 0 Å². The van der Waals surface area contributed by atoms with E-state index in [0.29, 0.717) is 6.42 Å². The number of rotatable bonds is 6. The van der Waals surface area contributed by atoms with Crippen LogP contribution in [0.2, 0.25) is 0 Å². The van der Waals surface area contributed by atoms with Crippen molar-refractivity contribution in [1.82, 2.24) is 4.90 Å². The van der Waals surface area contributed by atoms with Crippen molar-refractivity contribution in [2.75, 3.05) is 13.1 Å². The Morgan fingerprint density at radius 2 is 1.77 bits per heavy atom. The Labute approximate surface area is 132 Å². The van der Waals surface area contributed by atoms with E-state index in [1.165, 1.54) is 0 Å². The standard InChI is InChI=1S/C18H25NO3/c1-4-11-18(17(2,3)16(21)22,14-9-6-5-7-10-14)15(20)19-12-8-13-19/h5-7,9-10H,4,8,11-13H2,1-3H3,(H,21,22). The van der Waals surface area contributed by atoms with Crippen LogP contribution in [0.4, 0.5) is 0 Å². The third-order valence-corrected chi connectivity index (χ3v) is 5.00. The first-order valence-electron chi connectivity index (χ1n) is 7.96. The minimum Gasteiger partial charge on any atom is -0.481 e. The fourth-order valence-corrected chi connectivity index (χ4v) is 3.38. The molecule has 0 aliphatic carbocycles. The molecular formula is C18H25NO3. The van der Waals surface area contributed by atoms with E-state index in [2.05, 4.69) is 0 Å². The molecule has 22 heavy (non-hydrogen) atoms. The Balaban J connectivity index is 2.63. The molecule has 1 atom stereocenters. The van der Waals surface area contributed by atoms with Crippen LogP contribution in [0.15, 0.2) is 30.3 Å². The zero-order chi connectivity index (χ0) is 16.4. The van der Waals surface area contributed by atoms with E-state index in [4.69, 9.17) is 0 Å². The summed E-state index contributed by atoms with van der Waals surface area (Å²) in [6.07, 6.45) is 2.28. The van der Waals surface area contributed by atoms with Crippen LogP contribution >= 0.6 is 0 Å². The lowest BCUT2D eigenvalue weighted by Crippen LogP contribution is -2.60. The predicted octanol–water partition coefficient (Wildman–Crippen LogP) is 3.07. The van der Waals surface area contributed by atoms with Gasteiger partial charge in [0.1, 0.15) is 0 Å². The van der Waals surface area contributed by atoms with Gasteiger partial charge in [0.05, 0.1) is 10.8 Å². The molecule has 1 fully saturated rings. The normalized spacial score (nSPS) is 17.5. The van der Waals surface area contributed by atoms with Crippen LogP contribution in [-0.2, 0) is 15.0 Å². The zero-order valence-electron chi connectivity index (χ0n) is 13.6. The van der Waals surface area contributed by atoms with E-state index in [9.17, 15) is 14.7 Å². The fourth-order valence-electron chi connectivity index (χ4n) is 3.38. The molecule has 1 saturated heterocycles. The van der Waals surface area contributed by atoms with Crippen molar-refractivity contribution in [3.05, 3.63) is 35.9 Å². The van der Waals surface area contributed by atoms with Gasteiger partial charge in [0.2, 0.25) is 5.91 Å². The van der Waals surface area contributed by atoms with Crippen molar-refractivity contribution in [2.45, 2.75) is 45.4 Å². The molecule has 0 radical (unpaired) electrons. The molecule has 4 nitrogen and oxygen atoms in total. The van der Waals surface area contributed by atoms with E-state index >= 15 is 0 Å². The molecule has 2 rings (SSSR count). The highest BCUT2D eigenvalue weighted by atomic mass is 16.4. The number of likely N-dealkylation sites (tertiary alicyclic amines) is 1. The van der Waals surface area contributed by atoms with Gasteiger partial charge in [0.15, 0.2) is 0 Å². The highest BCUT2D eigenvalue weighted by Crippen LogP contribution is 2.47. The summed E-state index contributed by atoms with van der Waals surface area (Å²) in [4.78, 5) is 27.0. The van der Waals surface area contributed by atoms with Crippen molar-refractivity contribution in [3.63, 3.8) is 0 Å². The molecule has 1 amide bonds. The van der Waals surface area contributed by atoms with Gasteiger partial charge in [-0.05, 0) is 32.3 Å². The van der Waals surface area contributed by atoms with Crippen LogP contribution < -0.4 is 0 Å². The summed E-state index contributed by atoms with van der Waals surface area (Å²) >= 11 is 0. The van der Waals surface area contributed by atoms with Gasteiger partial charge in [-0.15, -0.1) is 0 Å². The van der Waals surface area contributed by atoms with E-state index in [0.717, 1.165) is 31.5 Å². The molecule has 0 saturated carbocycles. The number of carbonyl (C=O) groups excluding carboxylic acids is 1. The lowest BCUT2D eigenvalue weighted by Gasteiger charge is -2.48. The molecule has 0 spiro atoms. The number of carboxylic acid groups (broad SMARTS) is 1. The molecule has 0 aromatic heterocycles. The van der Waals surface area contributed by atoms with Gasteiger partial charge in [0.25, 0.3) is 0 Å². The topological polar surface area (TPSA) is 57.6 Å². The highest BCUT2D eigenvalue weighted by Gasteiger charge is 2.57. The number of carbonyl (C=O) groups is 2. The van der Waals surface area contributed by atoms with Crippen molar-refractivity contribution < 1.29 is 14.7 Å². The molecule has 4 heteroatoms. The highest BCUT2D eigenvalue weighted by molar-refractivity contribution is 5.95. The molecule has 1 aliphatic rings. The summed E-state index contributed by atoms with van der Waals surface area (Å²) in [5, 5.41) is 9.82. The third kappa shape index (κ3) is 2.40. The quantitative estimate of drug-likeness (QED) is 0.878. The molecule has 1 heterocycles. The van der Waals surface area contributed by atoms with Crippen LogP contribution in [0.1, 0.15) is 45.6 Å². The number of nitrogens with zero attached hydrogens (tertiary/aromatic N) is 1. The Morgan fingerprint density at radius 3 is 2.18 bits per heavy atom. The number of amides is 1. The van der Waals surface area contributed by atoms with Gasteiger partial charge in [-0.1, -0.05) is 43.7 Å². The first kappa shape index (κ1) is 16.5. The summed E-state index contributed by atoms with van der Waals surface area (Å²) in [6, 6.07) is 9.42. The van der Waals surface area contributed by atoms with Gasteiger partial charge in [-0.25, -0.2) is 0 Å². The number of carboxylic acids is 1. The average molecular weight is 303 g/mol. The minimum absolute atomic E-state index is 0.0424. The van der Waals surface area contributed by atoms with Gasteiger partial charge >= 0.3 is 5.97 Å². The van der Waals surface area contributed by atoms with E-state index in [1.807, 2.05) is 37.3 Å². The van der Waals surface area contributed by atoms with Crippen LogP contribution in [0.5, 0.6) is 0 Å². The third-order valence-electron chi connectivity index (χ3n) is 5.00. The molecule has 1 unspecified atom stereocenters. The number of benzene rings is 1. The summed E-state index contributed by atoms with van der Waals surface area (Å²) in [6.45, 7) is 6.81. The van der Waals surface area contributed by atoms with Crippen LogP contribution in [-0.4, -0.2) is 35.0 Å². The van der Waals surface area contributed by atoms with Gasteiger partial charge in [0, 0.05) is 13.1 Å². The smallest absolute Gasteiger partial charge is 0.310 e. The monoisotopic (exact) mass is 303 g/mol. The van der Waals surface area contributed by atoms with Crippen LogP contribution in [0.3, 0.4) is 0 Å². The second kappa shape index (κ2) is 6.11. The Hall–Kier alpha value is -1.84. The van der Waals surface area contributed by atoms with Crippen molar-refractivity contribution in [3.8, 4) is 0 Å².